The largest absolute Gasteiger partial charge is 0.494 e. The van der Waals surface area contributed by atoms with Gasteiger partial charge in [-0.25, -0.2) is 9.97 Å². The number of benzene rings is 2. The van der Waals surface area contributed by atoms with Crippen LogP contribution in [0.4, 0.5) is 5.95 Å². The van der Waals surface area contributed by atoms with Gasteiger partial charge in [0.25, 0.3) is 0 Å². The van der Waals surface area contributed by atoms with Gasteiger partial charge in [-0.15, -0.1) is 0 Å². The third-order valence-electron chi connectivity index (χ3n) is 4.92. The Labute approximate surface area is 163 Å². The molecule has 3 aromatic rings. The van der Waals surface area contributed by atoms with Gasteiger partial charge >= 0.3 is 0 Å². The fourth-order valence-corrected chi connectivity index (χ4v) is 3.44. The highest BCUT2D eigenvalue weighted by Gasteiger charge is 2.27. The summed E-state index contributed by atoms with van der Waals surface area (Å²) in [7, 11) is 1.62. The Morgan fingerprint density at radius 1 is 1.11 bits per heavy atom. The van der Waals surface area contributed by atoms with E-state index in [2.05, 4.69) is 25.9 Å². The lowest BCUT2D eigenvalue weighted by Gasteiger charge is -2.32. The van der Waals surface area contributed by atoms with E-state index in [4.69, 9.17) is 4.74 Å². The summed E-state index contributed by atoms with van der Waals surface area (Å²) in [6.07, 6.45) is -0.0914. The van der Waals surface area contributed by atoms with Crippen LogP contribution >= 0.6 is 0 Å². The summed E-state index contributed by atoms with van der Waals surface area (Å²) in [5.74, 6) is 1.08. The molecule has 1 aliphatic rings. The Kier molecular flexibility index (Phi) is 4.83. The smallest absolute Gasteiger partial charge is 0.226 e. The Balaban J connectivity index is 1.59. The summed E-state index contributed by atoms with van der Waals surface area (Å²) in [5, 5.41) is 10.4. The number of aryl methyl sites for hydroxylation is 2. The van der Waals surface area contributed by atoms with Gasteiger partial charge in [0.2, 0.25) is 11.9 Å². The molecule has 4 rings (SSSR count). The van der Waals surface area contributed by atoms with Crippen molar-refractivity contribution in [2.75, 3.05) is 12.4 Å². The van der Waals surface area contributed by atoms with Crippen LogP contribution in [0.1, 0.15) is 29.3 Å². The van der Waals surface area contributed by atoms with Gasteiger partial charge in [-0.1, -0.05) is 42.0 Å². The van der Waals surface area contributed by atoms with Crippen molar-refractivity contribution in [3.8, 4) is 5.75 Å². The van der Waals surface area contributed by atoms with Crippen LogP contribution in [0.2, 0.25) is 0 Å². The van der Waals surface area contributed by atoms with Gasteiger partial charge in [0.1, 0.15) is 11.3 Å². The molecule has 2 heterocycles. The van der Waals surface area contributed by atoms with E-state index in [0.717, 1.165) is 22.2 Å². The summed E-state index contributed by atoms with van der Waals surface area (Å²) in [5.41, 5.74) is 3.83. The molecule has 1 amide bonds. The van der Waals surface area contributed by atoms with Crippen molar-refractivity contribution in [1.29, 1.82) is 0 Å². The number of hydrogen-bond acceptors (Lipinski definition) is 6. The number of fused-ring (bicyclic) bond motifs is 1. The molecule has 144 valence electrons. The molecule has 1 fully saturated rings. The number of anilines is 1. The van der Waals surface area contributed by atoms with Crippen molar-refractivity contribution < 1.29 is 9.53 Å². The molecule has 7 heteroatoms. The number of ether oxygens (including phenoxy) is 1. The van der Waals surface area contributed by atoms with Crippen LogP contribution in [-0.4, -0.2) is 29.3 Å². The molecule has 0 spiro atoms. The minimum atomic E-state index is -0.473. The zero-order valence-corrected chi connectivity index (χ0v) is 16.1. The molecule has 1 aromatic heterocycles. The SMILES string of the molecule is COc1cccc2c(C)nc(NC3NC(=O)CC(c4ccc(C)cc4)N3)nc12. The van der Waals surface area contributed by atoms with E-state index in [1.807, 2.05) is 56.3 Å². The molecule has 0 bridgehead atoms. The molecule has 2 atom stereocenters. The van der Waals surface area contributed by atoms with Gasteiger partial charge in [0.15, 0.2) is 6.29 Å². The first-order valence-electron chi connectivity index (χ1n) is 9.23. The first-order chi connectivity index (χ1) is 13.5. The molecule has 0 radical (unpaired) electrons. The van der Waals surface area contributed by atoms with Gasteiger partial charge in [-0.2, -0.15) is 0 Å². The third-order valence-corrected chi connectivity index (χ3v) is 4.92. The number of rotatable bonds is 4. The van der Waals surface area contributed by atoms with Crippen molar-refractivity contribution in [3.05, 3.63) is 59.3 Å². The molecule has 28 heavy (non-hydrogen) atoms. The average Bonchev–Trinajstić information content (AvgIpc) is 2.68. The summed E-state index contributed by atoms with van der Waals surface area (Å²) in [6, 6.07) is 13.9. The van der Waals surface area contributed by atoms with Crippen molar-refractivity contribution >= 4 is 22.8 Å². The zero-order valence-electron chi connectivity index (χ0n) is 16.1. The van der Waals surface area contributed by atoms with E-state index in [1.165, 1.54) is 5.56 Å². The molecule has 2 aromatic carbocycles. The number of carbonyl (C=O) groups excluding carboxylic acids is 1. The molecule has 0 aliphatic carbocycles. The normalized spacial score (nSPS) is 19.3. The quantitative estimate of drug-likeness (QED) is 0.648. The van der Waals surface area contributed by atoms with Crippen LogP contribution in [0.3, 0.4) is 0 Å². The molecule has 0 saturated carbocycles. The fourth-order valence-electron chi connectivity index (χ4n) is 3.44. The molecular formula is C21H23N5O2. The number of nitrogens with one attached hydrogen (secondary N) is 3. The van der Waals surface area contributed by atoms with Crippen LogP contribution in [-0.2, 0) is 4.79 Å². The van der Waals surface area contributed by atoms with Crippen molar-refractivity contribution in [3.63, 3.8) is 0 Å². The van der Waals surface area contributed by atoms with Crippen LogP contribution in [0.25, 0.3) is 10.9 Å². The number of aromatic nitrogens is 2. The second-order valence-electron chi connectivity index (χ2n) is 6.97. The second-order valence-corrected chi connectivity index (χ2v) is 6.97. The van der Waals surface area contributed by atoms with Gasteiger partial charge in [0.05, 0.1) is 12.8 Å². The number of nitrogens with zero attached hydrogens (tertiary/aromatic N) is 2. The standard InChI is InChI=1S/C21H23N5O2/c1-12-7-9-14(10-8-12)16-11-18(27)24-21(23-16)26-20-22-13(2)15-5-4-6-17(28-3)19(15)25-20/h4-10,16,21,23H,11H2,1-3H3,(H,24,27)(H,22,25,26). The van der Waals surface area contributed by atoms with Crippen molar-refractivity contribution in [1.82, 2.24) is 20.6 Å². The first-order valence-corrected chi connectivity index (χ1v) is 9.23. The third kappa shape index (κ3) is 3.61. The maximum Gasteiger partial charge on any atom is 0.226 e. The van der Waals surface area contributed by atoms with Crippen molar-refractivity contribution in [2.24, 2.45) is 0 Å². The number of amides is 1. The predicted molar refractivity (Wildman–Crippen MR) is 108 cm³/mol. The molecule has 2 unspecified atom stereocenters. The molecule has 1 saturated heterocycles. The minimum absolute atomic E-state index is 0.0306. The average molecular weight is 377 g/mol. The molecule has 7 nitrogen and oxygen atoms in total. The van der Waals surface area contributed by atoms with E-state index in [0.29, 0.717) is 18.1 Å². The van der Waals surface area contributed by atoms with Gasteiger partial charge in [0, 0.05) is 17.8 Å². The van der Waals surface area contributed by atoms with Gasteiger partial charge in [-0.3, -0.25) is 10.1 Å². The highest BCUT2D eigenvalue weighted by Crippen LogP contribution is 2.27. The minimum Gasteiger partial charge on any atom is -0.494 e. The summed E-state index contributed by atoms with van der Waals surface area (Å²) in [4.78, 5) is 21.4. The lowest BCUT2D eigenvalue weighted by Crippen LogP contribution is -2.56. The monoisotopic (exact) mass is 377 g/mol. The van der Waals surface area contributed by atoms with Crippen LogP contribution in [0, 0.1) is 13.8 Å². The maximum atomic E-state index is 12.2. The van der Waals surface area contributed by atoms with Crippen LogP contribution in [0.15, 0.2) is 42.5 Å². The first kappa shape index (κ1) is 18.2. The van der Waals surface area contributed by atoms with Crippen molar-refractivity contribution in [2.45, 2.75) is 32.6 Å². The number of para-hydroxylation sites is 1. The van der Waals surface area contributed by atoms with E-state index in [1.54, 1.807) is 7.11 Å². The Bertz CT molecular complexity index is 1020. The number of carbonyl (C=O) groups is 1. The van der Waals surface area contributed by atoms with Crippen LogP contribution < -0.4 is 20.7 Å². The zero-order chi connectivity index (χ0) is 19.7. The summed E-state index contributed by atoms with van der Waals surface area (Å²) in [6.45, 7) is 3.97. The molecule has 1 aliphatic heterocycles. The Hall–Kier alpha value is -3.19. The maximum absolute atomic E-state index is 12.2. The summed E-state index contributed by atoms with van der Waals surface area (Å²) < 4.78 is 5.43. The lowest BCUT2D eigenvalue weighted by molar-refractivity contribution is -0.124. The van der Waals surface area contributed by atoms with E-state index >= 15 is 0 Å². The number of hydrogen-bond donors (Lipinski definition) is 3. The summed E-state index contributed by atoms with van der Waals surface area (Å²) >= 11 is 0. The second kappa shape index (κ2) is 7.44. The number of methoxy groups -OCH3 is 1. The fraction of sp³-hybridized carbons (Fsp3) is 0.286. The molecular weight excluding hydrogens is 354 g/mol. The molecule has 3 N–H and O–H groups in total. The van der Waals surface area contributed by atoms with E-state index in [-0.39, 0.29) is 11.9 Å². The van der Waals surface area contributed by atoms with Crippen LogP contribution in [0.5, 0.6) is 5.75 Å². The lowest BCUT2D eigenvalue weighted by atomic mass is 10.0. The highest BCUT2D eigenvalue weighted by atomic mass is 16.5. The topological polar surface area (TPSA) is 88.2 Å². The Morgan fingerprint density at radius 3 is 2.64 bits per heavy atom. The van der Waals surface area contributed by atoms with E-state index < -0.39 is 6.29 Å². The van der Waals surface area contributed by atoms with Gasteiger partial charge < -0.3 is 15.4 Å². The van der Waals surface area contributed by atoms with E-state index in [9.17, 15) is 4.79 Å². The van der Waals surface area contributed by atoms with Gasteiger partial charge in [-0.05, 0) is 25.5 Å². The predicted octanol–water partition coefficient (Wildman–Crippen LogP) is 2.80. The Morgan fingerprint density at radius 2 is 1.89 bits per heavy atom. The highest BCUT2D eigenvalue weighted by molar-refractivity contribution is 5.87.